The number of nitrogens with two attached hydrogens (primary N) is 1. The molecule has 0 amide bonds. The van der Waals surface area contributed by atoms with Gasteiger partial charge in [0.2, 0.25) is 0 Å². The molecular formula is C8H7ClF2N2O. The predicted octanol–water partition coefficient (Wildman–Crippen LogP) is 1.94. The minimum atomic E-state index is -2.78. The van der Waals surface area contributed by atoms with Gasteiger partial charge in [0.05, 0.1) is 11.3 Å². The number of pyridine rings is 1. The van der Waals surface area contributed by atoms with Crippen LogP contribution in [0.1, 0.15) is 28.0 Å². The van der Waals surface area contributed by atoms with Crippen molar-refractivity contribution in [3.05, 3.63) is 28.0 Å². The summed E-state index contributed by atoms with van der Waals surface area (Å²) < 4.78 is 25.0. The van der Waals surface area contributed by atoms with Gasteiger partial charge < -0.3 is 5.73 Å². The standard InChI is InChI=1S/C8H7ClF2N2O/c9-6-1-4(3-14)7(8(10)11)5(2-12)13-6/h1,3,8H,2,12H2. The van der Waals surface area contributed by atoms with Gasteiger partial charge >= 0.3 is 0 Å². The van der Waals surface area contributed by atoms with Gasteiger partial charge in [0.1, 0.15) is 5.15 Å². The van der Waals surface area contributed by atoms with Crippen LogP contribution in [0, 0.1) is 0 Å². The van der Waals surface area contributed by atoms with E-state index in [4.69, 9.17) is 17.3 Å². The summed E-state index contributed by atoms with van der Waals surface area (Å²) in [5, 5.41) is -0.0167. The fourth-order valence-electron chi connectivity index (χ4n) is 1.10. The lowest BCUT2D eigenvalue weighted by Gasteiger charge is -2.08. The van der Waals surface area contributed by atoms with Gasteiger partial charge in [-0.1, -0.05) is 11.6 Å². The van der Waals surface area contributed by atoms with E-state index in [9.17, 15) is 13.6 Å². The largest absolute Gasteiger partial charge is 0.325 e. The van der Waals surface area contributed by atoms with Gasteiger partial charge in [-0.05, 0) is 6.07 Å². The van der Waals surface area contributed by atoms with Crippen LogP contribution in [0.3, 0.4) is 0 Å². The van der Waals surface area contributed by atoms with Crippen molar-refractivity contribution in [1.82, 2.24) is 4.98 Å². The third kappa shape index (κ3) is 2.05. The Morgan fingerprint density at radius 1 is 1.64 bits per heavy atom. The maximum Gasteiger partial charge on any atom is 0.266 e. The molecule has 0 unspecified atom stereocenters. The third-order valence-electron chi connectivity index (χ3n) is 1.68. The quantitative estimate of drug-likeness (QED) is 0.626. The van der Waals surface area contributed by atoms with E-state index in [0.717, 1.165) is 6.07 Å². The molecule has 0 fully saturated rings. The number of carbonyl (C=O) groups excluding carboxylic acids is 1. The summed E-state index contributed by atoms with van der Waals surface area (Å²) in [5.41, 5.74) is 4.56. The smallest absolute Gasteiger partial charge is 0.266 e. The molecule has 2 N–H and O–H groups in total. The van der Waals surface area contributed by atoms with Crippen LogP contribution in [0.4, 0.5) is 8.78 Å². The fraction of sp³-hybridized carbons (Fsp3) is 0.250. The molecule has 0 aliphatic rings. The molecule has 0 radical (unpaired) electrons. The first kappa shape index (κ1) is 11.0. The van der Waals surface area contributed by atoms with Crippen LogP contribution in [-0.2, 0) is 6.54 Å². The van der Waals surface area contributed by atoms with Crippen molar-refractivity contribution in [2.24, 2.45) is 5.73 Å². The van der Waals surface area contributed by atoms with Gasteiger partial charge in [-0.25, -0.2) is 13.8 Å². The number of hydrogen-bond acceptors (Lipinski definition) is 3. The fourth-order valence-corrected chi connectivity index (χ4v) is 1.32. The van der Waals surface area contributed by atoms with Gasteiger partial charge in [-0.3, -0.25) is 4.79 Å². The number of hydrogen-bond donors (Lipinski definition) is 1. The molecule has 1 aromatic rings. The Bertz CT molecular complexity index is 357. The average Bonchev–Trinajstić information content (AvgIpc) is 2.15. The summed E-state index contributed by atoms with van der Waals surface area (Å²) in [4.78, 5) is 14.1. The third-order valence-corrected chi connectivity index (χ3v) is 1.87. The molecule has 1 rings (SSSR count). The topological polar surface area (TPSA) is 56.0 Å². The highest BCUT2D eigenvalue weighted by atomic mass is 35.5. The lowest BCUT2D eigenvalue weighted by atomic mass is 10.1. The number of aromatic nitrogens is 1. The van der Waals surface area contributed by atoms with E-state index in [-0.39, 0.29) is 23.0 Å². The van der Waals surface area contributed by atoms with Gasteiger partial charge in [0.25, 0.3) is 6.43 Å². The molecular weight excluding hydrogens is 214 g/mol. The Morgan fingerprint density at radius 3 is 2.71 bits per heavy atom. The highest BCUT2D eigenvalue weighted by Crippen LogP contribution is 2.26. The monoisotopic (exact) mass is 220 g/mol. The molecule has 6 heteroatoms. The molecule has 0 bridgehead atoms. The highest BCUT2D eigenvalue weighted by Gasteiger charge is 2.19. The lowest BCUT2D eigenvalue weighted by molar-refractivity contribution is 0.110. The van der Waals surface area contributed by atoms with E-state index in [1.54, 1.807) is 0 Å². The molecule has 0 atom stereocenters. The Morgan fingerprint density at radius 2 is 2.29 bits per heavy atom. The van der Waals surface area contributed by atoms with Gasteiger partial charge in [-0.2, -0.15) is 0 Å². The molecule has 0 aliphatic carbocycles. The van der Waals surface area contributed by atoms with Crippen molar-refractivity contribution < 1.29 is 13.6 Å². The molecule has 0 saturated carbocycles. The normalized spacial score (nSPS) is 10.6. The molecule has 0 aromatic carbocycles. The van der Waals surface area contributed by atoms with Gasteiger partial charge in [0.15, 0.2) is 6.29 Å². The van der Waals surface area contributed by atoms with Crippen LogP contribution >= 0.6 is 11.6 Å². The minimum Gasteiger partial charge on any atom is -0.325 e. The first-order chi connectivity index (χ1) is 6.60. The number of carbonyl (C=O) groups is 1. The number of alkyl halides is 2. The Hall–Kier alpha value is -1.07. The second-order valence-electron chi connectivity index (χ2n) is 2.52. The minimum absolute atomic E-state index is 0.0167. The summed E-state index contributed by atoms with van der Waals surface area (Å²) in [6.45, 7) is -0.179. The first-order valence-corrected chi connectivity index (χ1v) is 4.10. The Kier molecular flexibility index (Phi) is 3.49. The van der Waals surface area contributed by atoms with Crippen molar-refractivity contribution in [2.75, 3.05) is 0 Å². The van der Waals surface area contributed by atoms with Crippen molar-refractivity contribution in [2.45, 2.75) is 13.0 Å². The molecule has 0 saturated heterocycles. The van der Waals surface area contributed by atoms with E-state index < -0.39 is 12.0 Å². The summed E-state index contributed by atoms with van der Waals surface area (Å²) in [6, 6.07) is 1.09. The maximum atomic E-state index is 12.5. The summed E-state index contributed by atoms with van der Waals surface area (Å²) >= 11 is 5.51. The van der Waals surface area contributed by atoms with Crippen LogP contribution < -0.4 is 5.73 Å². The summed E-state index contributed by atoms with van der Waals surface area (Å²) in [5.74, 6) is 0. The average molecular weight is 221 g/mol. The molecule has 14 heavy (non-hydrogen) atoms. The van der Waals surface area contributed by atoms with E-state index >= 15 is 0 Å². The predicted molar refractivity (Wildman–Crippen MR) is 47.5 cm³/mol. The number of aldehydes is 1. The molecule has 0 aliphatic heterocycles. The van der Waals surface area contributed by atoms with Crippen LogP contribution in [0.25, 0.3) is 0 Å². The molecule has 1 heterocycles. The zero-order chi connectivity index (χ0) is 10.7. The van der Waals surface area contributed by atoms with Crippen molar-refractivity contribution in [3.8, 4) is 0 Å². The van der Waals surface area contributed by atoms with Gasteiger partial charge in [0, 0.05) is 12.1 Å². The molecule has 1 aromatic heterocycles. The maximum absolute atomic E-state index is 12.5. The van der Waals surface area contributed by atoms with Crippen LogP contribution in [0.15, 0.2) is 6.07 Å². The van der Waals surface area contributed by atoms with Crippen LogP contribution in [0.2, 0.25) is 5.15 Å². The lowest BCUT2D eigenvalue weighted by Crippen LogP contribution is -2.08. The summed E-state index contributed by atoms with van der Waals surface area (Å²) in [7, 11) is 0. The SMILES string of the molecule is NCc1nc(Cl)cc(C=O)c1C(F)F. The van der Waals surface area contributed by atoms with Gasteiger partial charge in [-0.15, -0.1) is 0 Å². The molecule has 0 spiro atoms. The van der Waals surface area contributed by atoms with E-state index in [1.807, 2.05) is 0 Å². The van der Waals surface area contributed by atoms with Crippen LogP contribution in [-0.4, -0.2) is 11.3 Å². The Labute approximate surface area is 83.9 Å². The van der Waals surface area contributed by atoms with Crippen molar-refractivity contribution in [1.29, 1.82) is 0 Å². The second kappa shape index (κ2) is 4.43. The zero-order valence-corrected chi connectivity index (χ0v) is 7.76. The second-order valence-corrected chi connectivity index (χ2v) is 2.90. The van der Waals surface area contributed by atoms with Crippen LogP contribution in [0.5, 0.6) is 0 Å². The Balaban J connectivity index is 3.40. The molecule has 3 nitrogen and oxygen atoms in total. The highest BCUT2D eigenvalue weighted by molar-refractivity contribution is 6.29. The van der Waals surface area contributed by atoms with E-state index in [1.165, 1.54) is 0 Å². The number of rotatable bonds is 3. The van der Waals surface area contributed by atoms with E-state index in [0.29, 0.717) is 6.29 Å². The number of nitrogens with zero attached hydrogens (tertiary/aromatic N) is 1. The zero-order valence-electron chi connectivity index (χ0n) is 7.01. The summed E-state index contributed by atoms with van der Waals surface area (Å²) in [6.07, 6.45) is -2.47. The van der Waals surface area contributed by atoms with Crippen molar-refractivity contribution in [3.63, 3.8) is 0 Å². The molecule has 76 valence electrons. The van der Waals surface area contributed by atoms with E-state index in [2.05, 4.69) is 4.98 Å². The first-order valence-electron chi connectivity index (χ1n) is 3.72. The number of halogens is 3. The van der Waals surface area contributed by atoms with Crippen molar-refractivity contribution >= 4 is 17.9 Å².